The highest BCUT2D eigenvalue weighted by atomic mass is 35.5. The molecule has 0 unspecified atom stereocenters. The zero-order chi connectivity index (χ0) is 19.7. The molecule has 1 aromatic heterocycles. The molecule has 1 amide bonds. The van der Waals surface area contributed by atoms with Crippen LogP contribution in [-0.4, -0.2) is 16.2 Å². The van der Waals surface area contributed by atoms with Crippen molar-refractivity contribution in [2.45, 2.75) is 6.92 Å². The fraction of sp³-hybridized carbons (Fsp3) is 0.0500. The first-order chi connectivity index (χ1) is 13.5. The number of nitrogens with zero attached hydrogens (tertiary/aromatic N) is 2. The van der Waals surface area contributed by atoms with Gasteiger partial charge in [-0.05, 0) is 30.0 Å². The Labute approximate surface area is 170 Å². The largest absolute Gasteiger partial charge is 0.360 e. The molecule has 0 atom stereocenters. The molecule has 0 fully saturated rings. The number of nitrogens with one attached hydrogen (secondary N) is 2. The molecule has 0 aliphatic carbocycles. The van der Waals surface area contributed by atoms with Crippen LogP contribution in [0.15, 0.2) is 58.2 Å². The number of benzene rings is 2. The van der Waals surface area contributed by atoms with Crippen molar-refractivity contribution in [2.24, 2.45) is 5.10 Å². The quantitative estimate of drug-likeness (QED) is 0.679. The number of rotatable bonds is 2. The number of amides is 1. The van der Waals surface area contributed by atoms with E-state index in [0.29, 0.717) is 32.8 Å². The smallest absolute Gasteiger partial charge is 0.263 e. The van der Waals surface area contributed by atoms with Gasteiger partial charge in [0.15, 0.2) is 5.17 Å². The molecule has 2 N–H and O–H groups in total. The molecular formula is C20H15ClN4O2S. The average molecular weight is 411 g/mol. The minimum absolute atomic E-state index is 0.322. The van der Waals surface area contributed by atoms with Gasteiger partial charge in [0, 0.05) is 10.8 Å². The van der Waals surface area contributed by atoms with E-state index in [4.69, 9.17) is 16.1 Å². The van der Waals surface area contributed by atoms with Crippen LogP contribution in [0.25, 0.3) is 22.9 Å². The van der Waals surface area contributed by atoms with Crippen LogP contribution in [0.4, 0.5) is 0 Å². The van der Waals surface area contributed by atoms with Crippen molar-refractivity contribution in [2.75, 3.05) is 0 Å². The first kappa shape index (κ1) is 18.3. The summed E-state index contributed by atoms with van der Waals surface area (Å²) >= 11 is 7.58. The number of carbonyl (C=O) groups excluding carboxylic acids is 1. The molecule has 2 aromatic carbocycles. The Morgan fingerprint density at radius 1 is 1.21 bits per heavy atom. The number of hydrazone groups is 1. The molecule has 0 radical (unpaired) electrons. The van der Waals surface area contributed by atoms with E-state index in [1.807, 2.05) is 36.4 Å². The summed E-state index contributed by atoms with van der Waals surface area (Å²) in [5.41, 5.74) is 4.28. The van der Waals surface area contributed by atoms with E-state index < -0.39 is 0 Å². The zero-order valence-corrected chi connectivity index (χ0v) is 16.4. The number of amidine groups is 1. The third-order valence-electron chi connectivity index (χ3n) is 4.16. The fourth-order valence-corrected chi connectivity index (χ4v) is 3.84. The minimum Gasteiger partial charge on any atom is -0.360 e. The Bertz CT molecular complexity index is 1220. The molecule has 0 spiro atoms. The summed E-state index contributed by atoms with van der Waals surface area (Å²) in [4.78, 5) is 12.9. The van der Waals surface area contributed by atoms with Crippen molar-refractivity contribution in [3.8, 4) is 11.3 Å². The second-order valence-corrected chi connectivity index (χ2v) is 7.42. The predicted molar refractivity (Wildman–Crippen MR) is 112 cm³/mol. The first-order valence-electron chi connectivity index (χ1n) is 8.37. The Morgan fingerprint density at radius 3 is 2.75 bits per heavy atom. The Morgan fingerprint density at radius 2 is 1.96 bits per heavy atom. The van der Waals surface area contributed by atoms with Crippen molar-refractivity contribution >= 4 is 46.0 Å². The normalized spacial score (nSPS) is 15.1. The van der Waals surface area contributed by atoms with E-state index in [-0.39, 0.29) is 5.91 Å². The van der Waals surface area contributed by atoms with E-state index in [1.54, 1.807) is 19.1 Å². The standard InChI is InChI=1S/C20H15ClN4O2S/c1-11-7-3-4-8-13(11)19-23-24-20(28-19)22-18(26)16-12(2)27-25-17(16)14-9-5-6-10-15(14)21/h3-10,23H,1H2,2H3,(H,22,24,26). The van der Waals surface area contributed by atoms with Crippen molar-refractivity contribution < 1.29 is 9.32 Å². The van der Waals surface area contributed by atoms with E-state index in [9.17, 15) is 4.79 Å². The second-order valence-electron chi connectivity index (χ2n) is 6.01. The molecule has 4 rings (SSSR count). The van der Waals surface area contributed by atoms with Crippen LogP contribution in [0.3, 0.4) is 0 Å². The van der Waals surface area contributed by atoms with Gasteiger partial charge in [-0.1, -0.05) is 65.8 Å². The van der Waals surface area contributed by atoms with E-state index in [0.717, 1.165) is 15.5 Å². The molecular weight excluding hydrogens is 396 g/mol. The molecule has 2 heterocycles. The molecule has 1 aliphatic heterocycles. The van der Waals surface area contributed by atoms with Crippen LogP contribution in [0.2, 0.25) is 5.02 Å². The SMILES string of the molecule is C=c1ccccc1=C1NN=C(NC(=O)c2c(-c3ccccc3Cl)noc2C)S1. The van der Waals surface area contributed by atoms with Crippen molar-refractivity contribution in [3.63, 3.8) is 0 Å². The maximum absolute atomic E-state index is 12.9. The zero-order valence-electron chi connectivity index (χ0n) is 14.8. The van der Waals surface area contributed by atoms with Crippen molar-refractivity contribution in [1.29, 1.82) is 0 Å². The monoisotopic (exact) mass is 410 g/mol. The summed E-state index contributed by atoms with van der Waals surface area (Å²) in [6.07, 6.45) is 0. The van der Waals surface area contributed by atoms with Gasteiger partial charge in [0.1, 0.15) is 22.0 Å². The van der Waals surface area contributed by atoms with Crippen LogP contribution in [0.5, 0.6) is 0 Å². The maximum Gasteiger partial charge on any atom is 0.263 e. The molecule has 1 aliphatic rings. The van der Waals surface area contributed by atoms with Gasteiger partial charge < -0.3 is 4.52 Å². The van der Waals surface area contributed by atoms with E-state index in [1.165, 1.54) is 11.8 Å². The van der Waals surface area contributed by atoms with Crippen molar-refractivity contribution in [3.05, 3.63) is 75.3 Å². The highest BCUT2D eigenvalue weighted by Gasteiger charge is 2.25. The maximum atomic E-state index is 12.9. The fourth-order valence-electron chi connectivity index (χ4n) is 2.79. The molecule has 3 aromatic rings. The Hall–Kier alpha value is -3.03. The highest BCUT2D eigenvalue weighted by molar-refractivity contribution is 8.21. The summed E-state index contributed by atoms with van der Waals surface area (Å²) < 4.78 is 5.25. The third kappa shape index (κ3) is 3.42. The van der Waals surface area contributed by atoms with Crippen LogP contribution in [0.1, 0.15) is 16.1 Å². The first-order valence-corrected chi connectivity index (χ1v) is 9.56. The lowest BCUT2D eigenvalue weighted by molar-refractivity contribution is 0.0977. The number of thioether (sulfide) groups is 1. The molecule has 0 saturated heterocycles. The number of hydrogen-bond acceptors (Lipinski definition) is 6. The third-order valence-corrected chi connectivity index (χ3v) is 5.39. The molecule has 0 bridgehead atoms. The van der Waals surface area contributed by atoms with Crippen LogP contribution < -0.4 is 21.2 Å². The molecule has 0 saturated carbocycles. The number of aromatic nitrogens is 1. The lowest BCUT2D eigenvalue weighted by Crippen LogP contribution is -2.28. The van der Waals surface area contributed by atoms with Gasteiger partial charge in [-0.2, -0.15) is 0 Å². The van der Waals surface area contributed by atoms with Crippen LogP contribution >= 0.6 is 23.4 Å². The number of aryl methyl sites for hydroxylation is 1. The molecule has 8 heteroatoms. The molecule has 140 valence electrons. The Kier molecular flexibility index (Phi) is 4.93. The van der Waals surface area contributed by atoms with Crippen LogP contribution in [-0.2, 0) is 0 Å². The van der Waals surface area contributed by atoms with Gasteiger partial charge >= 0.3 is 0 Å². The summed E-state index contributed by atoms with van der Waals surface area (Å²) in [5, 5.41) is 14.5. The number of halogens is 1. The van der Waals surface area contributed by atoms with Gasteiger partial charge in [-0.3, -0.25) is 15.5 Å². The molecule has 6 nitrogen and oxygen atoms in total. The number of hydrogen-bond donors (Lipinski definition) is 2. The minimum atomic E-state index is -0.370. The average Bonchev–Trinajstić information content (AvgIpc) is 3.29. The van der Waals surface area contributed by atoms with Gasteiger partial charge in [0.2, 0.25) is 0 Å². The van der Waals surface area contributed by atoms with Gasteiger partial charge in [0.05, 0.1) is 5.02 Å². The lowest BCUT2D eigenvalue weighted by Gasteiger charge is -2.05. The second kappa shape index (κ2) is 7.53. The number of carbonyl (C=O) groups is 1. The summed E-state index contributed by atoms with van der Waals surface area (Å²) in [5.74, 6) is 0.0298. The predicted octanol–water partition coefficient (Wildman–Crippen LogP) is 2.82. The molecule has 28 heavy (non-hydrogen) atoms. The van der Waals surface area contributed by atoms with E-state index in [2.05, 4.69) is 27.6 Å². The summed E-state index contributed by atoms with van der Waals surface area (Å²) in [7, 11) is 0. The van der Waals surface area contributed by atoms with Gasteiger partial charge in [0.25, 0.3) is 5.91 Å². The topological polar surface area (TPSA) is 79.5 Å². The summed E-state index contributed by atoms with van der Waals surface area (Å²) in [6, 6.07) is 14.9. The van der Waals surface area contributed by atoms with E-state index >= 15 is 0 Å². The van der Waals surface area contributed by atoms with Crippen molar-refractivity contribution in [1.82, 2.24) is 15.9 Å². The Balaban J connectivity index is 1.61. The van der Waals surface area contributed by atoms with Crippen LogP contribution in [0, 0.1) is 6.92 Å². The van der Waals surface area contributed by atoms with Gasteiger partial charge in [-0.15, -0.1) is 5.10 Å². The lowest BCUT2D eigenvalue weighted by atomic mass is 10.1. The summed E-state index contributed by atoms with van der Waals surface area (Å²) in [6.45, 7) is 5.69. The van der Waals surface area contributed by atoms with Gasteiger partial charge in [-0.25, -0.2) is 0 Å². The highest BCUT2D eigenvalue weighted by Crippen LogP contribution is 2.31.